The van der Waals surface area contributed by atoms with Gasteiger partial charge in [0, 0.05) is 18.8 Å². The molecule has 9 heteroatoms. The van der Waals surface area contributed by atoms with Crippen LogP contribution in [0.25, 0.3) is 0 Å². The van der Waals surface area contributed by atoms with Crippen molar-refractivity contribution in [3.05, 3.63) is 18.0 Å². The molecule has 0 aromatic carbocycles. The van der Waals surface area contributed by atoms with E-state index in [2.05, 4.69) is 15.7 Å². The number of aryl methyl sites for hydroxylation is 1. The number of carbonyl (C=O) groups excluding carboxylic acids is 2. The second-order valence-corrected chi connectivity index (χ2v) is 3.96. The monoisotopic (exact) mass is 269 g/mol. The van der Waals surface area contributed by atoms with Gasteiger partial charge in [0.05, 0.1) is 6.20 Å². The van der Waals surface area contributed by atoms with Crippen LogP contribution in [0.3, 0.4) is 0 Å². The number of aliphatic carboxylic acids is 1. The summed E-state index contributed by atoms with van der Waals surface area (Å²) in [7, 11) is 1.63. The van der Waals surface area contributed by atoms with E-state index in [0.29, 0.717) is 5.56 Å². The number of carboxylic acids is 1. The summed E-state index contributed by atoms with van der Waals surface area (Å²) in [4.78, 5) is 33.4. The minimum atomic E-state index is -1.24. The van der Waals surface area contributed by atoms with Gasteiger partial charge in [-0.25, -0.2) is 9.59 Å². The Morgan fingerprint density at radius 3 is 2.47 bits per heavy atom. The van der Waals surface area contributed by atoms with E-state index in [1.807, 2.05) is 0 Å². The average molecular weight is 269 g/mol. The van der Waals surface area contributed by atoms with Crippen LogP contribution in [0.5, 0.6) is 0 Å². The van der Waals surface area contributed by atoms with E-state index in [-0.39, 0.29) is 0 Å². The number of aromatic nitrogens is 2. The van der Waals surface area contributed by atoms with Crippen LogP contribution < -0.4 is 16.4 Å². The van der Waals surface area contributed by atoms with Crippen LogP contribution in [0.2, 0.25) is 0 Å². The molecule has 9 nitrogen and oxygen atoms in total. The second kappa shape index (κ2) is 5.85. The molecule has 0 spiro atoms. The molecular formula is C10H15N5O4. The highest BCUT2D eigenvalue weighted by Gasteiger charge is 2.26. The maximum atomic E-state index is 11.7. The first kappa shape index (κ1) is 14.5. The zero-order chi connectivity index (χ0) is 14.6. The molecule has 5 N–H and O–H groups in total. The molecule has 2 unspecified atom stereocenters. The van der Waals surface area contributed by atoms with Gasteiger partial charge in [-0.05, 0) is 6.92 Å². The molecule has 1 rings (SSSR count). The largest absolute Gasteiger partial charge is 0.479 e. The number of nitrogens with zero attached hydrogens (tertiary/aromatic N) is 2. The van der Waals surface area contributed by atoms with Gasteiger partial charge >= 0.3 is 12.0 Å². The highest BCUT2D eigenvalue weighted by molar-refractivity contribution is 5.89. The van der Waals surface area contributed by atoms with Crippen LogP contribution in [-0.4, -0.2) is 38.8 Å². The number of primary amides is 1. The van der Waals surface area contributed by atoms with E-state index in [9.17, 15) is 14.4 Å². The summed E-state index contributed by atoms with van der Waals surface area (Å²) >= 11 is 0. The smallest absolute Gasteiger partial charge is 0.331 e. The molecule has 1 aromatic heterocycles. The van der Waals surface area contributed by atoms with Crippen molar-refractivity contribution in [2.75, 3.05) is 0 Å². The van der Waals surface area contributed by atoms with Crippen molar-refractivity contribution < 1.29 is 19.5 Å². The standard InChI is InChI=1S/C10H15N5O4/c1-5(13-10(11)19)8(16)14-7(9(17)18)6-3-12-15(2)4-6/h3-5,7H,1-2H3,(H,14,16)(H,17,18)(H3,11,13,19). The second-order valence-electron chi connectivity index (χ2n) is 3.96. The molecule has 0 aliphatic rings. The highest BCUT2D eigenvalue weighted by Crippen LogP contribution is 2.12. The molecule has 0 bridgehead atoms. The molecule has 2 atom stereocenters. The van der Waals surface area contributed by atoms with Crippen molar-refractivity contribution in [2.24, 2.45) is 12.8 Å². The first-order valence-corrected chi connectivity index (χ1v) is 5.39. The Morgan fingerprint density at radius 1 is 1.42 bits per heavy atom. The molecule has 0 aliphatic heterocycles. The van der Waals surface area contributed by atoms with Gasteiger partial charge in [0.15, 0.2) is 6.04 Å². The summed E-state index contributed by atoms with van der Waals surface area (Å²) < 4.78 is 1.42. The van der Waals surface area contributed by atoms with E-state index < -0.39 is 30.0 Å². The molecule has 0 saturated carbocycles. The van der Waals surface area contributed by atoms with Gasteiger partial charge in [-0.3, -0.25) is 9.48 Å². The number of nitrogens with two attached hydrogens (primary N) is 1. The summed E-state index contributed by atoms with van der Waals surface area (Å²) in [5, 5.41) is 17.4. The number of rotatable bonds is 5. The van der Waals surface area contributed by atoms with E-state index in [4.69, 9.17) is 10.8 Å². The van der Waals surface area contributed by atoms with E-state index >= 15 is 0 Å². The van der Waals surface area contributed by atoms with Gasteiger partial charge in [0.1, 0.15) is 6.04 Å². The minimum Gasteiger partial charge on any atom is -0.479 e. The fraction of sp³-hybridized carbons (Fsp3) is 0.400. The van der Waals surface area contributed by atoms with Crippen LogP contribution in [0.1, 0.15) is 18.5 Å². The number of amides is 3. The predicted octanol–water partition coefficient (Wildman–Crippen LogP) is -1.28. The number of hydrogen-bond donors (Lipinski definition) is 4. The number of urea groups is 1. The summed E-state index contributed by atoms with van der Waals surface area (Å²) in [6, 6.07) is -3.04. The quantitative estimate of drug-likeness (QED) is 0.527. The van der Waals surface area contributed by atoms with Gasteiger partial charge in [-0.15, -0.1) is 0 Å². The van der Waals surface area contributed by atoms with Gasteiger partial charge in [0.25, 0.3) is 0 Å². The zero-order valence-corrected chi connectivity index (χ0v) is 10.5. The van der Waals surface area contributed by atoms with Crippen LogP contribution in [0.4, 0.5) is 4.79 Å². The van der Waals surface area contributed by atoms with Crippen LogP contribution in [0.15, 0.2) is 12.4 Å². The lowest BCUT2D eigenvalue weighted by Crippen LogP contribution is -2.48. The molecule has 1 aromatic rings. The molecule has 0 aliphatic carbocycles. The third kappa shape index (κ3) is 3.98. The third-order valence-corrected chi connectivity index (χ3v) is 2.34. The molecule has 19 heavy (non-hydrogen) atoms. The Kier molecular flexibility index (Phi) is 4.46. The first-order valence-electron chi connectivity index (χ1n) is 5.39. The van der Waals surface area contributed by atoms with Gasteiger partial charge in [-0.2, -0.15) is 5.10 Å². The Morgan fingerprint density at radius 2 is 2.05 bits per heavy atom. The topological polar surface area (TPSA) is 139 Å². The summed E-state index contributed by atoms with van der Waals surface area (Å²) in [5.41, 5.74) is 5.20. The SMILES string of the molecule is CC(NC(N)=O)C(=O)NC(C(=O)O)c1cnn(C)c1. The molecule has 1 heterocycles. The number of carboxylic acid groups (broad SMARTS) is 1. The van der Waals surface area contributed by atoms with Crippen LogP contribution >= 0.6 is 0 Å². The van der Waals surface area contributed by atoms with Crippen LogP contribution in [0, 0.1) is 0 Å². The lowest BCUT2D eigenvalue weighted by molar-refractivity contribution is -0.142. The first-order chi connectivity index (χ1) is 8.81. The minimum absolute atomic E-state index is 0.328. The molecular weight excluding hydrogens is 254 g/mol. The normalized spacial score (nSPS) is 13.4. The van der Waals surface area contributed by atoms with E-state index in [0.717, 1.165) is 0 Å². The van der Waals surface area contributed by atoms with E-state index in [1.54, 1.807) is 7.05 Å². The van der Waals surface area contributed by atoms with Crippen molar-refractivity contribution in [1.29, 1.82) is 0 Å². The maximum Gasteiger partial charge on any atom is 0.331 e. The molecule has 0 saturated heterocycles. The van der Waals surface area contributed by atoms with Crippen molar-refractivity contribution in [3.8, 4) is 0 Å². The highest BCUT2D eigenvalue weighted by atomic mass is 16.4. The molecule has 104 valence electrons. The summed E-state index contributed by atoms with van der Waals surface area (Å²) in [6.45, 7) is 1.39. The third-order valence-electron chi connectivity index (χ3n) is 2.34. The Labute approximate surface area is 108 Å². The fourth-order valence-electron chi connectivity index (χ4n) is 1.42. The van der Waals surface area contributed by atoms with Crippen molar-refractivity contribution in [1.82, 2.24) is 20.4 Å². The van der Waals surface area contributed by atoms with Crippen molar-refractivity contribution in [2.45, 2.75) is 19.0 Å². The van der Waals surface area contributed by atoms with Gasteiger partial charge in [0.2, 0.25) is 5.91 Å². The molecule has 0 fully saturated rings. The summed E-state index contributed by atoms with van der Waals surface area (Å²) in [5.74, 6) is -1.89. The summed E-state index contributed by atoms with van der Waals surface area (Å²) in [6.07, 6.45) is 2.82. The van der Waals surface area contributed by atoms with Gasteiger partial charge in [-0.1, -0.05) is 0 Å². The number of carbonyl (C=O) groups is 3. The van der Waals surface area contributed by atoms with Crippen molar-refractivity contribution >= 4 is 17.9 Å². The zero-order valence-electron chi connectivity index (χ0n) is 10.5. The Hall–Kier alpha value is -2.58. The fourth-order valence-corrected chi connectivity index (χ4v) is 1.42. The Balaban J connectivity index is 2.77. The van der Waals surface area contributed by atoms with Gasteiger partial charge < -0.3 is 21.5 Å². The maximum absolute atomic E-state index is 11.7. The number of nitrogens with one attached hydrogen (secondary N) is 2. The van der Waals surface area contributed by atoms with Crippen LogP contribution in [-0.2, 0) is 16.6 Å². The molecule has 3 amide bonds. The molecule has 0 radical (unpaired) electrons. The van der Waals surface area contributed by atoms with Crippen molar-refractivity contribution in [3.63, 3.8) is 0 Å². The number of hydrogen-bond acceptors (Lipinski definition) is 4. The lowest BCUT2D eigenvalue weighted by Gasteiger charge is -2.17. The predicted molar refractivity (Wildman–Crippen MR) is 63.9 cm³/mol. The Bertz CT molecular complexity index is 498. The van der Waals surface area contributed by atoms with E-state index in [1.165, 1.54) is 24.0 Å². The lowest BCUT2D eigenvalue weighted by atomic mass is 10.1. The average Bonchev–Trinajstić information content (AvgIpc) is 2.70.